The summed E-state index contributed by atoms with van der Waals surface area (Å²) in [5, 5.41) is 3.52. The number of hydrogen-bond acceptors (Lipinski definition) is 3. The summed E-state index contributed by atoms with van der Waals surface area (Å²) in [6.07, 6.45) is 1.28. The van der Waals surface area contributed by atoms with Gasteiger partial charge < -0.3 is 15.0 Å². The van der Waals surface area contributed by atoms with Crippen LogP contribution in [0, 0.1) is 0 Å². The minimum atomic E-state index is -0.385. The summed E-state index contributed by atoms with van der Waals surface area (Å²) >= 11 is 6.15. The molecule has 3 aromatic rings. The van der Waals surface area contributed by atoms with E-state index in [1.807, 2.05) is 24.3 Å². The van der Waals surface area contributed by atoms with Crippen LogP contribution in [0.5, 0.6) is 0 Å². The quantitative estimate of drug-likeness (QED) is 0.756. The SMILES string of the molecule is O=C(Nc1ccc(Cl)cc1-c1nc2ccccc2[nH]1)[C@H]1CCCO1. The normalized spacial score (nSPS) is 17.3. The van der Waals surface area contributed by atoms with Crippen LogP contribution in [0.4, 0.5) is 5.69 Å². The highest BCUT2D eigenvalue weighted by Gasteiger charge is 2.24. The summed E-state index contributed by atoms with van der Waals surface area (Å²) in [7, 11) is 0. The second kappa shape index (κ2) is 6.26. The lowest BCUT2D eigenvalue weighted by atomic mass is 10.1. The number of amides is 1. The van der Waals surface area contributed by atoms with Gasteiger partial charge in [-0.2, -0.15) is 0 Å². The van der Waals surface area contributed by atoms with Crippen LogP contribution in [0.15, 0.2) is 42.5 Å². The lowest BCUT2D eigenvalue weighted by Gasteiger charge is -2.13. The van der Waals surface area contributed by atoms with Gasteiger partial charge >= 0.3 is 0 Å². The average molecular weight is 342 g/mol. The molecule has 0 unspecified atom stereocenters. The number of aromatic nitrogens is 2. The molecule has 24 heavy (non-hydrogen) atoms. The van der Waals surface area contributed by atoms with Crippen LogP contribution >= 0.6 is 11.6 Å². The molecule has 1 saturated heterocycles. The Kier molecular flexibility index (Phi) is 3.96. The zero-order valence-electron chi connectivity index (χ0n) is 12.9. The van der Waals surface area contributed by atoms with Crippen LogP contribution < -0.4 is 5.32 Å². The van der Waals surface area contributed by atoms with Gasteiger partial charge in [0.1, 0.15) is 11.9 Å². The van der Waals surface area contributed by atoms with Crippen molar-refractivity contribution in [3.63, 3.8) is 0 Å². The fourth-order valence-corrected chi connectivity index (χ4v) is 3.07. The van der Waals surface area contributed by atoms with Gasteiger partial charge in [-0.25, -0.2) is 4.98 Å². The summed E-state index contributed by atoms with van der Waals surface area (Å²) in [6, 6.07) is 13.1. The number of nitrogens with one attached hydrogen (secondary N) is 2. The summed E-state index contributed by atoms with van der Waals surface area (Å²) in [4.78, 5) is 20.2. The predicted octanol–water partition coefficient (Wildman–Crippen LogP) is 4.00. The van der Waals surface area contributed by atoms with Crippen LogP contribution in [0.2, 0.25) is 5.02 Å². The van der Waals surface area contributed by atoms with Gasteiger partial charge in [-0.3, -0.25) is 4.79 Å². The Morgan fingerprint density at radius 1 is 1.29 bits per heavy atom. The van der Waals surface area contributed by atoms with Crippen molar-refractivity contribution in [2.24, 2.45) is 0 Å². The molecule has 2 aromatic carbocycles. The molecule has 0 radical (unpaired) electrons. The molecule has 0 bridgehead atoms. The van der Waals surface area contributed by atoms with Crippen molar-refractivity contribution in [2.75, 3.05) is 11.9 Å². The number of nitrogens with zero attached hydrogens (tertiary/aromatic N) is 1. The van der Waals surface area contributed by atoms with Crippen molar-refractivity contribution in [3.8, 4) is 11.4 Å². The smallest absolute Gasteiger partial charge is 0.253 e. The first kappa shape index (κ1) is 15.2. The molecule has 1 amide bonds. The van der Waals surface area contributed by atoms with Crippen LogP contribution in [0.1, 0.15) is 12.8 Å². The van der Waals surface area contributed by atoms with E-state index in [1.165, 1.54) is 0 Å². The van der Waals surface area contributed by atoms with Crippen molar-refractivity contribution in [1.82, 2.24) is 9.97 Å². The third kappa shape index (κ3) is 2.88. The van der Waals surface area contributed by atoms with Gasteiger partial charge in [0.15, 0.2) is 0 Å². The lowest BCUT2D eigenvalue weighted by Crippen LogP contribution is -2.27. The first-order valence-electron chi connectivity index (χ1n) is 7.88. The van der Waals surface area contributed by atoms with E-state index in [4.69, 9.17) is 16.3 Å². The molecule has 4 rings (SSSR count). The topological polar surface area (TPSA) is 67.0 Å². The molecule has 1 aromatic heterocycles. The van der Waals surface area contributed by atoms with Crippen molar-refractivity contribution in [3.05, 3.63) is 47.5 Å². The Morgan fingerprint density at radius 3 is 2.96 bits per heavy atom. The first-order valence-corrected chi connectivity index (χ1v) is 8.25. The van der Waals surface area contributed by atoms with Crippen molar-refractivity contribution in [1.29, 1.82) is 0 Å². The van der Waals surface area contributed by atoms with Crippen molar-refractivity contribution < 1.29 is 9.53 Å². The van der Waals surface area contributed by atoms with Crippen LogP contribution in [-0.2, 0) is 9.53 Å². The van der Waals surface area contributed by atoms with E-state index in [1.54, 1.807) is 18.2 Å². The monoisotopic (exact) mass is 341 g/mol. The minimum Gasteiger partial charge on any atom is -0.368 e. The number of para-hydroxylation sites is 2. The number of imidazole rings is 1. The van der Waals surface area contributed by atoms with E-state index in [-0.39, 0.29) is 12.0 Å². The highest BCUT2D eigenvalue weighted by molar-refractivity contribution is 6.31. The summed E-state index contributed by atoms with van der Waals surface area (Å²) in [5.41, 5.74) is 3.22. The maximum atomic E-state index is 12.4. The molecule has 1 fully saturated rings. The third-order valence-corrected chi connectivity index (χ3v) is 4.34. The van der Waals surface area contributed by atoms with Gasteiger partial charge in [0.25, 0.3) is 5.91 Å². The Labute approximate surface area is 144 Å². The number of H-pyrrole nitrogens is 1. The molecule has 0 saturated carbocycles. The maximum absolute atomic E-state index is 12.4. The first-order chi connectivity index (χ1) is 11.7. The molecule has 0 aliphatic carbocycles. The Bertz CT molecular complexity index is 867. The molecule has 6 heteroatoms. The van der Waals surface area contributed by atoms with Crippen molar-refractivity contribution in [2.45, 2.75) is 18.9 Å². The number of benzene rings is 2. The van der Waals surface area contributed by atoms with E-state index in [9.17, 15) is 4.79 Å². The number of carbonyl (C=O) groups is 1. The largest absolute Gasteiger partial charge is 0.368 e. The highest BCUT2D eigenvalue weighted by Crippen LogP contribution is 2.31. The summed E-state index contributed by atoms with van der Waals surface area (Å²) in [5.74, 6) is 0.536. The minimum absolute atomic E-state index is 0.132. The molecule has 2 N–H and O–H groups in total. The number of hydrogen-bond donors (Lipinski definition) is 2. The molecule has 1 atom stereocenters. The molecule has 0 spiro atoms. The molecular weight excluding hydrogens is 326 g/mol. The Hall–Kier alpha value is -2.37. The van der Waals surface area contributed by atoms with Gasteiger partial charge in [0.05, 0.1) is 16.7 Å². The third-order valence-electron chi connectivity index (χ3n) is 4.11. The standard InChI is InChI=1S/C18H16ClN3O2/c19-11-7-8-13(22-18(23)16-6-3-9-24-16)12(10-11)17-20-14-4-1-2-5-15(14)21-17/h1-2,4-5,7-8,10,16H,3,6,9H2,(H,20,21)(H,22,23)/t16-/m1/s1. The summed E-state index contributed by atoms with van der Waals surface area (Å²) in [6.45, 7) is 0.634. The number of rotatable bonds is 3. The predicted molar refractivity (Wildman–Crippen MR) is 94.1 cm³/mol. The lowest BCUT2D eigenvalue weighted by molar-refractivity contribution is -0.124. The Balaban J connectivity index is 1.71. The fraction of sp³-hybridized carbons (Fsp3) is 0.222. The van der Waals surface area contributed by atoms with E-state index in [0.29, 0.717) is 23.1 Å². The van der Waals surface area contributed by atoms with Gasteiger partial charge in [0.2, 0.25) is 0 Å². The second-order valence-electron chi connectivity index (χ2n) is 5.78. The van der Waals surface area contributed by atoms with Gasteiger partial charge in [0, 0.05) is 17.2 Å². The molecule has 1 aliphatic heterocycles. The molecular formula is C18H16ClN3O2. The number of ether oxygens (including phenoxy) is 1. The molecule has 122 valence electrons. The van der Waals surface area contributed by atoms with Crippen LogP contribution in [0.25, 0.3) is 22.4 Å². The fourth-order valence-electron chi connectivity index (χ4n) is 2.90. The molecule has 5 nitrogen and oxygen atoms in total. The Morgan fingerprint density at radius 2 is 2.17 bits per heavy atom. The number of anilines is 1. The maximum Gasteiger partial charge on any atom is 0.253 e. The van der Waals surface area contributed by atoms with Crippen molar-refractivity contribution >= 4 is 34.2 Å². The highest BCUT2D eigenvalue weighted by atomic mass is 35.5. The van der Waals surface area contributed by atoms with Crippen LogP contribution in [0.3, 0.4) is 0 Å². The van der Waals surface area contributed by atoms with E-state index in [2.05, 4.69) is 15.3 Å². The zero-order valence-corrected chi connectivity index (χ0v) is 13.6. The zero-order chi connectivity index (χ0) is 16.5. The van der Waals surface area contributed by atoms with Crippen LogP contribution in [-0.4, -0.2) is 28.6 Å². The van der Waals surface area contributed by atoms with Gasteiger partial charge in [-0.1, -0.05) is 23.7 Å². The number of fused-ring (bicyclic) bond motifs is 1. The van der Waals surface area contributed by atoms with E-state index >= 15 is 0 Å². The molecule has 2 heterocycles. The average Bonchev–Trinajstić information content (AvgIpc) is 3.25. The molecule has 1 aliphatic rings. The second-order valence-corrected chi connectivity index (χ2v) is 6.22. The van der Waals surface area contributed by atoms with Gasteiger partial charge in [-0.05, 0) is 43.2 Å². The number of aromatic amines is 1. The number of halogens is 1. The van der Waals surface area contributed by atoms with E-state index < -0.39 is 0 Å². The summed E-state index contributed by atoms with van der Waals surface area (Å²) < 4.78 is 5.44. The van der Waals surface area contributed by atoms with E-state index in [0.717, 1.165) is 29.4 Å². The number of carbonyl (C=O) groups excluding carboxylic acids is 1. The van der Waals surface area contributed by atoms with Gasteiger partial charge in [-0.15, -0.1) is 0 Å².